The van der Waals surface area contributed by atoms with Crippen LogP contribution < -0.4 is 10.1 Å². The Hall–Kier alpha value is -4.05. The number of dihydropyridines is 1. The lowest BCUT2D eigenvalue weighted by Gasteiger charge is -2.29. The number of para-hydroxylation sites is 1. The highest BCUT2D eigenvalue weighted by molar-refractivity contribution is 5.99. The monoisotopic (exact) mass is 460 g/mol. The summed E-state index contributed by atoms with van der Waals surface area (Å²) >= 11 is 0. The van der Waals surface area contributed by atoms with Crippen LogP contribution in [0.25, 0.3) is 0 Å². The Morgan fingerprint density at radius 2 is 1.76 bits per heavy atom. The number of nitriles is 1. The number of benzene rings is 2. The Bertz CT molecular complexity index is 1200. The average Bonchev–Trinajstić information content (AvgIpc) is 2.81. The van der Waals surface area contributed by atoms with Gasteiger partial charge in [0.05, 0.1) is 28.7 Å². The predicted octanol–water partition coefficient (Wildman–Crippen LogP) is 4.62. The number of carboxylic acids is 1. The van der Waals surface area contributed by atoms with E-state index in [1.165, 1.54) is 0 Å². The highest BCUT2D eigenvalue weighted by atomic mass is 16.6. The van der Waals surface area contributed by atoms with E-state index in [0.717, 1.165) is 11.3 Å². The molecule has 1 atom stereocenters. The lowest BCUT2D eigenvalue weighted by Crippen LogP contribution is -2.32. The molecular weight excluding hydrogens is 432 g/mol. The van der Waals surface area contributed by atoms with Crippen LogP contribution >= 0.6 is 0 Å². The molecule has 1 aliphatic heterocycles. The van der Waals surface area contributed by atoms with Crippen LogP contribution in [0.15, 0.2) is 71.1 Å². The molecule has 3 rings (SSSR count). The van der Waals surface area contributed by atoms with Crippen LogP contribution in [0.2, 0.25) is 0 Å². The summed E-state index contributed by atoms with van der Waals surface area (Å²) in [7, 11) is 0. The molecule has 1 aliphatic rings. The molecule has 2 aromatic rings. The number of aliphatic carboxylic acids is 1. The van der Waals surface area contributed by atoms with E-state index < -0.39 is 17.9 Å². The number of carbonyl (C=O) groups excluding carboxylic acids is 1. The zero-order valence-electron chi connectivity index (χ0n) is 19.7. The lowest BCUT2D eigenvalue weighted by molar-refractivity contribution is -0.140. The molecule has 0 bridgehead atoms. The first kappa shape index (κ1) is 24.6. The zero-order chi connectivity index (χ0) is 24.8. The second kappa shape index (κ2) is 10.7. The van der Waals surface area contributed by atoms with Gasteiger partial charge in [0.25, 0.3) is 0 Å². The van der Waals surface area contributed by atoms with E-state index in [-0.39, 0.29) is 30.3 Å². The highest BCUT2D eigenvalue weighted by Gasteiger charge is 2.37. The van der Waals surface area contributed by atoms with Gasteiger partial charge in [0.15, 0.2) is 0 Å². The molecule has 0 amide bonds. The molecule has 7 nitrogen and oxygen atoms in total. The molecule has 34 heavy (non-hydrogen) atoms. The fourth-order valence-electron chi connectivity index (χ4n) is 4.12. The summed E-state index contributed by atoms with van der Waals surface area (Å²) in [5, 5.41) is 22.2. The number of rotatable bonds is 8. The van der Waals surface area contributed by atoms with Crippen molar-refractivity contribution in [2.75, 3.05) is 13.2 Å². The maximum Gasteiger partial charge on any atom is 0.336 e. The molecule has 0 spiro atoms. The molecule has 0 radical (unpaired) electrons. The van der Waals surface area contributed by atoms with Gasteiger partial charge in [0.1, 0.15) is 19.0 Å². The number of allylic oxidation sites excluding steroid dienone is 2. The maximum atomic E-state index is 13.2. The number of hydrogen-bond acceptors (Lipinski definition) is 6. The van der Waals surface area contributed by atoms with Crippen LogP contribution in [0, 0.1) is 11.3 Å². The minimum Gasteiger partial charge on any atom is -0.490 e. The largest absolute Gasteiger partial charge is 0.490 e. The molecule has 0 aliphatic carbocycles. The molecule has 0 aromatic heterocycles. The maximum absolute atomic E-state index is 13.2. The van der Waals surface area contributed by atoms with Gasteiger partial charge in [0.2, 0.25) is 0 Å². The Labute approximate surface area is 199 Å². The number of carbonyl (C=O) groups is 2. The normalized spacial score (nSPS) is 15.6. The third-order valence-corrected chi connectivity index (χ3v) is 5.67. The molecule has 2 N–H and O–H groups in total. The second-order valence-corrected chi connectivity index (χ2v) is 8.35. The Kier molecular flexibility index (Phi) is 7.75. The van der Waals surface area contributed by atoms with E-state index in [4.69, 9.17) is 9.47 Å². The standard InChI is InChI=1S/C27H28N2O5/c1-16(2)21-10-5-6-11-22(21)33-12-13-34-27(32)24-18(4)29-17(3)23(26(30)31)25(24)20-9-7-8-19(14-20)15-28/h5-11,14,16,25,29H,12-13H2,1-4H3,(H,30,31). The van der Waals surface area contributed by atoms with Gasteiger partial charge < -0.3 is 19.9 Å². The van der Waals surface area contributed by atoms with Gasteiger partial charge in [-0.15, -0.1) is 0 Å². The van der Waals surface area contributed by atoms with Crippen LogP contribution in [0.5, 0.6) is 5.75 Å². The quantitative estimate of drug-likeness (QED) is 0.437. The number of hydrogen-bond donors (Lipinski definition) is 2. The second-order valence-electron chi connectivity index (χ2n) is 8.35. The van der Waals surface area contributed by atoms with Crippen LogP contribution in [-0.2, 0) is 14.3 Å². The zero-order valence-corrected chi connectivity index (χ0v) is 19.7. The van der Waals surface area contributed by atoms with E-state index in [9.17, 15) is 20.0 Å². The van der Waals surface area contributed by atoms with Gasteiger partial charge in [-0.3, -0.25) is 0 Å². The van der Waals surface area contributed by atoms with Gasteiger partial charge in [-0.1, -0.05) is 44.2 Å². The third-order valence-electron chi connectivity index (χ3n) is 5.67. The van der Waals surface area contributed by atoms with E-state index in [2.05, 4.69) is 25.2 Å². The predicted molar refractivity (Wildman–Crippen MR) is 127 cm³/mol. The summed E-state index contributed by atoms with van der Waals surface area (Å²) in [5.41, 5.74) is 3.14. The molecule has 176 valence electrons. The van der Waals surface area contributed by atoms with E-state index in [0.29, 0.717) is 22.5 Å². The van der Waals surface area contributed by atoms with Crippen molar-refractivity contribution in [1.82, 2.24) is 5.32 Å². The molecule has 1 unspecified atom stereocenters. The van der Waals surface area contributed by atoms with E-state index >= 15 is 0 Å². The van der Waals surface area contributed by atoms with Gasteiger partial charge in [-0.2, -0.15) is 5.26 Å². The topological polar surface area (TPSA) is 109 Å². The highest BCUT2D eigenvalue weighted by Crippen LogP contribution is 2.39. The Morgan fingerprint density at radius 1 is 1.06 bits per heavy atom. The minimum atomic E-state index is -1.15. The summed E-state index contributed by atoms with van der Waals surface area (Å²) in [4.78, 5) is 25.3. The summed E-state index contributed by atoms with van der Waals surface area (Å²) in [5.74, 6) is -1.63. The molecule has 0 fully saturated rings. The molecule has 7 heteroatoms. The van der Waals surface area contributed by atoms with Gasteiger partial charge in [-0.05, 0) is 49.1 Å². The summed E-state index contributed by atoms with van der Waals surface area (Å²) in [6.07, 6.45) is 0. The number of carboxylic acid groups (broad SMARTS) is 1. The fraction of sp³-hybridized carbons (Fsp3) is 0.296. The van der Waals surface area contributed by atoms with Crippen molar-refractivity contribution >= 4 is 11.9 Å². The molecule has 1 heterocycles. The van der Waals surface area contributed by atoms with Crippen molar-refractivity contribution in [3.63, 3.8) is 0 Å². The van der Waals surface area contributed by atoms with E-state index in [1.54, 1.807) is 38.1 Å². The van der Waals surface area contributed by atoms with E-state index in [1.807, 2.05) is 24.3 Å². The van der Waals surface area contributed by atoms with Crippen LogP contribution in [0.1, 0.15) is 56.2 Å². The first-order valence-electron chi connectivity index (χ1n) is 11.0. The van der Waals surface area contributed by atoms with Crippen LogP contribution in [-0.4, -0.2) is 30.3 Å². The minimum absolute atomic E-state index is 0.00189. The molecule has 0 saturated carbocycles. The van der Waals surface area contributed by atoms with Crippen molar-refractivity contribution in [2.24, 2.45) is 0 Å². The lowest BCUT2D eigenvalue weighted by atomic mass is 9.80. The first-order chi connectivity index (χ1) is 16.2. The van der Waals surface area contributed by atoms with Crippen molar-refractivity contribution < 1.29 is 24.2 Å². The van der Waals surface area contributed by atoms with Crippen LogP contribution in [0.3, 0.4) is 0 Å². The fourth-order valence-corrected chi connectivity index (χ4v) is 4.12. The average molecular weight is 461 g/mol. The molecular formula is C27H28N2O5. The molecule has 2 aromatic carbocycles. The summed E-state index contributed by atoms with van der Waals surface area (Å²) in [6.45, 7) is 7.66. The van der Waals surface area contributed by atoms with Crippen LogP contribution in [0.4, 0.5) is 0 Å². The van der Waals surface area contributed by atoms with Crippen molar-refractivity contribution in [1.29, 1.82) is 5.26 Å². The summed E-state index contributed by atoms with van der Waals surface area (Å²) in [6, 6.07) is 16.4. The third kappa shape index (κ3) is 5.29. The first-order valence-corrected chi connectivity index (χ1v) is 11.0. The summed E-state index contributed by atoms with van der Waals surface area (Å²) < 4.78 is 11.3. The van der Waals surface area contributed by atoms with Gasteiger partial charge in [0, 0.05) is 11.4 Å². The van der Waals surface area contributed by atoms with Crippen molar-refractivity contribution in [3.05, 3.63) is 87.8 Å². The molecule has 0 saturated heterocycles. The van der Waals surface area contributed by atoms with Crippen molar-refractivity contribution in [2.45, 2.75) is 39.5 Å². The number of esters is 1. The number of nitrogens with one attached hydrogen (secondary N) is 1. The number of nitrogens with zero attached hydrogens (tertiary/aromatic N) is 1. The Balaban J connectivity index is 1.81. The van der Waals surface area contributed by atoms with Gasteiger partial charge in [-0.25, -0.2) is 9.59 Å². The smallest absolute Gasteiger partial charge is 0.336 e. The Morgan fingerprint density at radius 3 is 2.44 bits per heavy atom. The number of ether oxygens (including phenoxy) is 2. The van der Waals surface area contributed by atoms with Gasteiger partial charge >= 0.3 is 11.9 Å². The SMILES string of the molecule is CC1=C(C(=O)O)C(c2cccc(C#N)c2)C(C(=O)OCCOc2ccccc2C(C)C)=C(C)N1. The van der Waals surface area contributed by atoms with Crippen molar-refractivity contribution in [3.8, 4) is 11.8 Å².